The molecule has 0 radical (unpaired) electrons. The van der Waals surface area contributed by atoms with E-state index in [-0.39, 0.29) is 17.1 Å². The van der Waals surface area contributed by atoms with Gasteiger partial charge in [-0.15, -0.1) is 0 Å². The number of aromatic nitrogens is 1. The Hall–Kier alpha value is -1.99. The molecule has 0 aliphatic carbocycles. The normalized spacial score (nSPS) is 11.3. The summed E-state index contributed by atoms with van der Waals surface area (Å²) in [5.41, 5.74) is 6.63. The molecule has 2 rings (SSSR count). The molecule has 0 fully saturated rings. The summed E-state index contributed by atoms with van der Waals surface area (Å²) in [5.74, 6) is -0.634. The Kier molecular flexibility index (Phi) is 4.01. The lowest BCUT2D eigenvalue weighted by Crippen LogP contribution is -2.14. The monoisotopic (exact) mass is 295 g/mol. The molecular weight excluding hydrogens is 281 g/mol. The van der Waals surface area contributed by atoms with Crippen molar-refractivity contribution in [2.75, 3.05) is 4.72 Å². The lowest BCUT2D eigenvalue weighted by atomic mass is 10.2. The molecular formula is C13H14FN3O2S. The summed E-state index contributed by atoms with van der Waals surface area (Å²) in [6.45, 7) is 1.97. The van der Waals surface area contributed by atoms with Crippen LogP contribution < -0.4 is 10.5 Å². The first kappa shape index (κ1) is 14.4. The van der Waals surface area contributed by atoms with Crippen molar-refractivity contribution in [3.63, 3.8) is 0 Å². The Balaban J connectivity index is 2.32. The fourth-order valence-electron chi connectivity index (χ4n) is 1.61. The van der Waals surface area contributed by atoms with Crippen molar-refractivity contribution in [1.82, 2.24) is 4.98 Å². The molecule has 5 nitrogen and oxygen atoms in total. The van der Waals surface area contributed by atoms with E-state index in [2.05, 4.69) is 9.71 Å². The summed E-state index contributed by atoms with van der Waals surface area (Å²) in [6.07, 6.45) is 1.19. The summed E-state index contributed by atoms with van der Waals surface area (Å²) >= 11 is 0. The van der Waals surface area contributed by atoms with E-state index in [9.17, 15) is 12.8 Å². The molecule has 0 amide bonds. The van der Waals surface area contributed by atoms with Crippen molar-refractivity contribution in [2.24, 2.45) is 5.73 Å². The van der Waals surface area contributed by atoms with Crippen LogP contribution in [0.2, 0.25) is 0 Å². The quantitative estimate of drug-likeness (QED) is 0.900. The number of rotatable bonds is 4. The predicted molar refractivity (Wildman–Crippen MR) is 74.1 cm³/mol. The molecule has 0 saturated heterocycles. The number of aryl methyl sites for hydroxylation is 1. The molecule has 0 aliphatic heterocycles. The van der Waals surface area contributed by atoms with Crippen molar-refractivity contribution in [1.29, 1.82) is 0 Å². The summed E-state index contributed by atoms with van der Waals surface area (Å²) in [5, 5.41) is 0. The summed E-state index contributed by atoms with van der Waals surface area (Å²) < 4.78 is 40.0. The van der Waals surface area contributed by atoms with Crippen molar-refractivity contribution in [2.45, 2.75) is 18.4 Å². The van der Waals surface area contributed by atoms with Crippen LogP contribution in [0, 0.1) is 12.7 Å². The van der Waals surface area contributed by atoms with E-state index in [1.54, 1.807) is 13.0 Å². The van der Waals surface area contributed by atoms with Gasteiger partial charge in [0.15, 0.2) is 0 Å². The van der Waals surface area contributed by atoms with Crippen LogP contribution in [0.4, 0.5) is 10.1 Å². The van der Waals surface area contributed by atoms with Crippen molar-refractivity contribution >= 4 is 15.7 Å². The average Bonchev–Trinajstić information content (AvgIpc) is 2.43. The maximum Gasteiger partial charge on any atom is 0.263 e. The van der Waals surface area contributed by atoms with Crippen LogP contribution in [0.3, 0.4) is 0 Å². The molecule has 0 aliphatic rings. The molecule has 7 heteroatoms. The second-order valence-corrected chi connectivity index (χ2v) is 5.96. The lowest BCUT2D eigenvalue weighted by molar-refractivity contribution is 0.598. The highest BCUT2D eigenvalue weighted by Crippen LogP contribution is 2.20. The number of hydrogen-bond donors (Lipinski definition) is 2. The number of hydrogen-bond acceptors (Lipinski definition) is 4. The molecule has 0 spiro atoms. The van der Waals surface area contributed by atoms with Crippen LogP contribution in [-0.4, -0.2) is 13.4 Å². The number of pyridine rings is 1. The Labute approximate surface area is 116 Å². The van der Waals surface area contributed by atoms with E-state index in [1.165, 1.54) is 30.5 Å². The molecule has 1 heterocycles. The molecule has 20 heavy (non-hydrogen) atoms. The van der Waals surface area contributed by atoms with Crippen LogP contribution in [0.25, 0.3) is 0 Å². The van der Waals surface area contributed by atoms with Gasteiger partial charge in [-0.25, -0.2) is 12.8 Å². The number of nitrogens with two attached hydrogens (primary N) is 1. The van der Waals surface area contributed by atoms with Gasteiger partial charge in [0.2, 0.25) is 0 Å². The maximum atomic E-state index is 13.6. The molecule has 0 atom stereocenters. The number of anilines is 1. The highest BCUT2D eigenvalue weighted by atomic mass is 32.2. The number of benzene rings is 1. The van der Waals surface area contributed by atoms with Gasteiger partial charge >= 0.3 is 0 Å². The van der Waals surface area contributed by atoms with Crippen LogP contribution in [0.5, 0.6) is 0 Å². The SMILES string of the molecule is Cc1ccc(F)c(NS(=O)(=O)c2ccc(CN)nc2)c1. The molecule has 0 unspecified atom stereocenters. The zero-order chi connectivity index (χ0) is 14.8. The Bertz CT molecular complexity index is 715. The van der Waals surface area contributed by atoms with E-state index >= 15 is 0 Å². The van der Waals surface area contributed by atoms with Gasteiger partial charge in [0.05, 0.1) is 11.4 Å². The minimum absolute atomic E-state index is 0.0457. The average molecular weight is 295 g/mol. The van der Waals surface area contributed by atoms with E-state index in [0.29, 0.717) is 5.69 Å². The molecule has 1 aromatic heterocycles. The third kappa shape index (κ3) is 3.12. The minimum atomic E-state index is -3.87. The van der Waals surface area contributed by atoms with Crippen molar-refractivity contribution in [3.05, 3.63) is 53.6 Å². The topological polar surface area (TPSA) is 85.1 Å². The lowest BCUT2D eigenvalue weighted by Gasteiger charge is -2.09. The van der Waals surface area contributed by atoms with Crippen LogP contribution in [-0.2, 0) is 16.6 Å². The van der Waals surface area contributed by atoms with Crippen LogP contribution in [0.15, 0.2) is 41.4 Å². The molecule has 106 valence electrons. The molecule has 3 N–H and O–H groups in total. The summed E-state index contributed by atoms with van der Waals surface area (Å²) in [7, 11) is -3.87. The highest BCUT2D eigenvalue weighted by Gasteiger charge is 2.16. The molecule has 0 saturated carbocycles. The first-order valence-electron chi connectivity index (χ1n) is 5.86. The maximum absolute atomic E-state index is 13.6. The third-order valence-corrected chi connectivity index (χ3v) is 4.03. The first-order valence-corrected chi connectivity index (χ1v) is 7.34. The molecule has 0 bridgehead atoms. The van der Waals surface area contributed by atoms with Gasteiger partial charge in [-0.2, -0.15) is 0 Å². The smallest absolute Gasteiger partial charge is 0.263 e. The first-order chi connectivity index (χ1) is 9.42. The number of sulfonamides is 1. The highest BCUT2D eigenvalue weighted by molar-refractivity contribution is 7.92. The third-order valence-electron chi connectivity index (χ3n) is 2.68. The summed E-state index contributed by atoms with van der Waals surface area (Å²) in [6, 6.07) is 7.09. The van der Waals surface area contributed by atoms with Crippen LogP contribution >= 0.6 is 0 Å². The fraction of sp³-hybridized carbons (Fsp3) is 0.154. The Morgan fingerprint density at radius 2 is 2.05 bits per heavy atom. The van der Waals surface area contributed by atoms with Crippen molar-refractivity contribution in [3.8, 4) is 0 Å². The zero-order valence-corrected chi connectivity index (χ0v) is 11.6. The van der Waals surface area contributed by atoms with E-state index in [0.717, 1.165) is 5.56 Å². The predicted octanol–water partition coefficient (Wildman–Crippen LogP) is 1.79. The number of nitrogens with zero attached hydrogens (tertiary/aromatic N) is 1. The van der Waals surface area contributed by atoms with Gasteiger partial charge in [-0.05, 0) is 36.8 Å². The van der Waals surface area contributed by atoms with Gasteiger partial charge in [-0.3, -0.25) is 9.71 Å². The van der Waals surface area contributed by atoms with Gasteiger partial charge < -0.3 is 5.73 Å². The minimum Gasteiger partial charge on any atom is -0.325 e. The van der Waals surface area contributed by atoms with Crippen LogP contribution in [0.1, 0.15) is 11.3 Å². The second-order valence-electron chi connectivity index (χ2n) is 4.28. The standard InChI is InChI=1S/C13H14FN3O2S/c1-9-2-5-12(14)13(6-9)17-20(18,19)11-4-3-10(7-15)16-8-11/h2-6,8,17H,7,15H2,1H3. The number of nitrogens with one attached hydrogen (secondary N) is 1. The van der Waals surface area contributed by atoms with Gasteiger partial charge in [0.25, 0.3) is 10.0 Å². The largest absolute Gasteiger partial charge is 0.325 e. The zero-order valence-electron chi connectivity index (χ0n) is 10.8. The van der Waals surface area contributed by atoms with E-state index < -0.39 is 15.8 Å². The Morgan fingerprint density at radius 3 is 2.65 bits per heavy atom. The Morgan fingerprint density at radius 1 is 1.30 bits per heavy atom. The molecule has 2 aromatic rings. The van der Waals surface area contributed by atoms with Gasteiger partial charge in [-0.1, -0.05) is 6.07 Å². The fourth-order valence-corrected chi connectivity index (χ4v) is 2.61. The van der Waals surface area contributed by atoms with Gasteiger partial charge in [0.1, 0.15) is 10.7 Å². The second kappa shape index (κ2) is 5.56. The number of halogens is 1. The summed E-state index contributed by atoms with van der Waals surface area (Å²) in [4.78, 5) is 3.86. The van der Waals surface area contributed by atoms with Crippen molar-refractivity contribution < 1.29 is 12.8 Å². The molecule has 1 aromatic carbocycles. The van der Waals surface area contributed by atoms with E-state index in [1.807, 2.05) is 0 Å². The van der Waals surface area contributed by atoms with Gasteiger partial charge in [0, 0.05) is 12.7 Å². The van der Waals surface area contributed by atoms with E-state index in [4.69, 9.17) is 5.73 Å².